The molecule has 0 atom stereocenters. The summed E-state index contributed by atoms with van der Waals surface area (Å²) in [4.78, 5) is 4.27. The number of aromatic nitrogens is 2. The van der Waals surface area contributed by atoms with Crippen LogP contribution < -0.4 is 4.73 Å². The minimum Gasteiger partial charge on any atom is -0.618 e. The number of rotatable bonds is 4. The van der Waals surface area contributed by atoms with Gasteiger partial charge in [-0.3, -0.25) is 4.18 Å². The van der Waals surface area contributed by atoms with Crippen LogP contribution in [-0.4, -0.2) is 20.0 Å². The van der Waals surface area contributed by atoms with Crippen LogP contribution in [0.2, 0.25) is 0 Å². The molecular weight excluding hydrogens is 340 g/mol. The van der Waals surface area contributed by atoms with Gasteiger partial charge in [-0.1, -0.05) is 39.0 Å². The van der Waals surface area contributed by atoms with E-state index in [1.54, 1.807) is 30.5 Å². The first-order chi connectivity index (χ1) is 11.7. The van der Waals surface area contributed by atoms with E-state index in [4.69, 9.17) is 4.18 Å². The Kier molecular flexibility index (Phi) is 4.38. The highest BCUT2D eigenvalue weighted by Gasteiger charge is 2.26. The Hall–Kier alpha value is -2.25. The van der Waals surface area contributed by atoms with E-state index in [0.717, 1.165) is 5.39 Å². The van der Waals surface area contributed by atoms with Crippen LogP contribution in [0.1, 0.15) is 26.5 Å². The van der Waals surface area contributed by atoms with Gasteiger partial charge in [0.05, 0.1) is 12.0 Å². The Labute approximate surface area is 146 Å². The lowest BCUT2D eigenvalue weighted by molar-refractivity contribution is -0.583. The topological polar surface area (TPSA) is 83.2 Å². The number of hydrogen-bond donors (Lipinski definition) is 0. The molecular formula is C18H20N2O4S. The molecule has 0 aliphatic heterocycles. The summed E-state index contributed by atoms with van der Waals surface area (Å²) in [5.41, 5.74) is 0.729. The first-order valence-electron chi connectivity index (χ1n) is 7.93. The van der Waals surface area contributed by atoms with Crippen molar-refractivity contribution in [2.24, 2.45) is 5.41 Å². The number of pyridine rings is 2. The van der Waals surface area contributed by atoms with Crippen LogP contribution in [0.4, 0.5) is 0 Å². The summed E-state index contributed by atoms with van der Waals surface area (Å²) in [5.74, 6) is -0.488. The monoisotopic (exact) mass is 360 g/mol. The second-order valence-corrected chi connectivity index (χ2v) is 8.82. The molecule has 0 N–H and O–H groups in total. The first-order valence-corrected chi connectivity index (χ1v) is 9.51. The number of benzene rings is 1. The van der Waals surface area contributed by atoms with Crippen LogP contribution >= 0.6 is 0 Å². The molecule has 0 unspecified atom stereocenters. The van der Waals surface area contributed by atoms with Crippen molar-refractivity contribution in [3.05, 3.63) is 53.5 Å². The zero-order valence-corrected chi connectivity index (χ0v) is 15.2. The molecule has 0 fully saturated rings. The molecule has 132 valence electrons. The van der Waals surface area contributed by atoms with Crippen LogP contribution in [0.3, 0.4) is 0 Å². The van der Waals surface area contributed by atoms with Crippen LogP contribution in [0.15, 0.2) is 42.6 Å². The number of fused-ring (bicyclic) bond motifs is 3. The summed E-state index contributed by atoms with van der Waals surface area (Å²) < 4.78 is 30.5. The third-order valence-electron chi connectivity index (χ3n) is 3.73. The molecule has 2 aromatic heterocycles. The van der Waals surface area contributed by atoms with E-state index in [0.29, 0.717) is 21.2 Å². The largest absolute Gasteiger partial charge is 0.618 e. The van der Waals surface area contributed by atoms with Crippen LogP contribution in [-0.2, 0) is 20.1 Å². The van der Waals surface area contributed by atoms with E-state index in [-0.39, 0.29) is 17.7 Å². The molecule has 2 heterocycles. The summed E-state index contributed by atoms with van der Waals surface area (Å²) >= 11 is 0. The first kappa shape index (κ1) is 17.6. The molecule has 3 rings (SSSR count). The highest BCUT2D eigenvalue weighted by molar-refractivity contribution is 7.85. The molecule has 0 saturated heterocycles. The van der Waals surface area contributed by atoms with Gasteiger partial charge in [0.1, 0.15) is 5.52 Å². The quantitative estimate of drug-likeness (QED) is 0.309. The standard InChI is InChI=1S/C18H20N2O4S/c1-18(2,3)12-24-25(22,23)11-16-13-7-4-5-8-14(13)17-15(20(16)21)9-6-10-19-17/h4-10H,11-12H2,1-3H3. The predicted molar refractivity (Wildman–Crippen MR) is 96.2 cm³/mol. The van der Waals surface area contributed by atoms with E-state index >= 15 is 0 Å². The molecule has 1 aromatic carbocycles. The van der Waals surface area contributed by atoms with Gasteiger partial charge in [0.2, 0.25) is 11.2 Å². The second kappa shape index (κ2) is 6.24. The Bertz CT molecular complexity index is 1040. The van der Waals surface area contributed by atoms with Gasteiger partial charge in [0, 0.05) is 17.6 Å². The van der Waals surface area contributed by atoms with Gasteiger partial charge >= 0.3 is 0 Å². The van der Waals surface area contributed by atoms with Gasteiger partial charge in [-0.05, 0) is 17.5 Å². The second-order valence-electron chi connectivity index (χ2n) is 7.18. The maximum atomic E-state index is 12.8. The normalized spacial score (nSPS) is 12.8. The van der Waals surface area contributed by atoms with Crippen LogP contribution in [0.5, 0.6) is 0 Å². The van der Waals surface area contributed by atoms with E-state index < -0.39 is 15.9 Å². The van der Waals surface area contributed by atoms with Crippen molar-refractivity contribution >= 4 is 31.9 Å². The van der Waals surface area contributed by atoms with Gasteiger partial charge in [0.15, 0.2) is 5.75 Å². The lowest BCUT2D eigenvalue weighted by Gasteiger charge is -2.18. The number of nitrogens with zero attached hydrogens (tertiary/aromatic N) is 2. The summed E-state index contributed by atoms with van der Waals surface area (Å²) in [7, 11) is -3.89. The van der Waals surface area contributed by atoms with Gasteiger partial charge in [-0.15, -0.1) is 0 Å². The fourth-order valence-electron chi connectivity index (χ4n) is 2.58. The molecule has 0 amide bonds. The van der Waals surface area contributed by atoms with Gasteiger partial charge in [0.25, 0.3) is 10.1 Å². The summed E-state index contributed by atoms with van der Waals surface area (Å²) in [5, 5.41) is 14.1. The van der Waals surface area contributed by atoms with Gasteiger partial charge in [-0.2, -0.15) is 13.1 Å². The van der Waals surface area contributed by atoms with Crippen molar-refractivity contribution in [3.8, 4) is 0 Å². The number of hydrogen-bond acceptors (Lipinski definition) is 5. The van der Waals surface area contributed by atoms with Crippen molar-refractivity contribution in [2.45, 2.75) is 26.5 Å². The molecule has 0 aliphatic carbocycles. The summed E-state index contributed by atoms with van der Waals surface area (Å²) in [6.07, 6.45) is 1.61. The zero-order valence-electron chi connectivity index (χ0n) is 14.4. The Balaban J connectivity index is 2.13. The minimum atomic E-state index is -3.89. The minimum absolute atomic E-state index is 0.0568. The summed E-state index contributed by atoms with van der Waals surface area (Å²) in [6, 6.07) is 10.4. The maximum absolute atomic E-state index is 12.8. The van der Waals surface area contributed by atoms with Crippen molar-refractivity contribution < 1.29 is 17.3 Å². The Morgan fingerprint density at radius 1 is 1.12 bits per heavy atom. The molecule has 6 nitrogen and oxygen atoms in total. The average molecular weight is 360 g/mol. The third kappa shape index (κ3) is 3.72. The van der Waals surface area contributed by atoms with E-state index in [2.05, 4.69) is 4.98 Å². The van der Waals surface area contributed by atoms with Crippen LogP contribution in [0, 0.1) is 10.6 Å². The Morgan fingerprint density at radius 3 is 2.48 bits per heavy atom. The molecule has 0 spiro atoms. The Morgan fingerprint density at radius 2 is 1.80 bits per heavy atom. The molecule has 0 aliphatic rings. The van der Waals surface area contributed by atoms with Crippen molar-refractivity contribution in [1.82, 2.24) is 4.98 Å². The predicted octanol–water partition coefficient (Wildman–Crippen LogP) is 2.91. The van der Waals surface area contributed by atoms with Crippen molar-refractivity contribution in [1.29, 1.82) is 0 Å². The van der Waals surface area contributed by atoms with E-state index in [9.17, 15) is 13.6 Å². The van der Waals surface area contributed by atoms with Crippen molar-refractivity contribution in [2.75, 3.05) is 6.61 Å². The highest BCUT2D eigenvalue weighted by atomic mass is 32.2. The van der Waals surface area contributed by atoms with E-state index in [1.165, 1.54) is 0 Å². The smallest absolute Gasteiger partial charge is 0.277 e. The average Bonchev–Trinajstić information content (AvgIpc) is 2.56. The fraction of sp³-hybridized carbons (Fsp3) is 0.333. The molecule has 0 radical (unpaired) electrons. The zero-order chi connectivity index (χ0) is 18.2. The summed E-state index contributed by atoms with van der Waals surface area (Å²) in [6.45, 7) is 5.70. The third-order valence-corrected chi connectivity index (χ3v) is 4.83. The molecule has 0 bridgehead atoms. The molecule has 25 heavy (non-hydrogen) atoms. The highest BCUT2D eigenvalue weighted by Crippen LogP contribution is 2.25. The maximum Gasteiger partial charge on any atom is 0.277 e. The molecule has 3 aromatic rings. The molecule has 0 saturated carbocycles. The van der Waals surface area contributed by atoms with E-state index in [1.807, 2.05) is 32.9 Å². The van der Waals surface area contributed by atoms with Crippen LogP contribution in [0.25, 0.3) is 21.8 Å². The lowest BCUT2D eigenvalue weighted by atomic mass is 9.99. The SMILES string of the molecule is CC(C)(C)COS(=O)(=O)Cc1c2ccccc2c2ncccc2[n+]1[O-]. The van der Waals surface area contributed by atoms with Gasteiger partial charge in [-0.25, -0.2) is 4.98 Å². The van der Waals surface area contributed by atoms with Crippen molar-refractivity contribution in [3.63, 3.8) is 0 Å². The lowest BCUT2D eigenvalue weighted by Crippen LogP contribution is -2.35. The fourth-order valence-corrected chi connectivity index (χ4v) is 3.80. The molecule has 7 heteroatoms. The van der Waals surface area contributed by atoms with Gasteiger partial charge < -0.3 is 5.21 Å².